The molecule has 0 aliphatic carbocycles. The smallest absolute Gasteiger partial charge is 0.319 e. The Hall–Kier alpha value is -2.60. The summed E-state index contributed by atoms with van der Waals surface area (Å²) in [4.78, 5) is 11.9. The Morgan fingerprint density at radius 2 is 1.88 bits per heavy atom. The van der Waals surface area contributed by atoms with Crippen molar-refractivity contribution in [2.24, 2.45) is 0 Å². The number of ether oxygens (including phenoxy) is 1. The lowest BCUT2D eigenvalue weighted by Crippen LogP contribution is -2.30. The van der Waals surface area contributed by atoms with Crippen LogP contribution in [0.4, 0.5) is 14.9 Å². The van der Waals surface area contributed by atoms with Gasteiger partial charge in [0.2, 0.25) is 0 Å². The molecule has 3 N–H and O–H groups in total. The molecule has 0 unspecified atom stereocenters. The number of carbonyl (C=O) groups excluding carboxylic acids is 1. The third-order valence-corrected chi connectivity index (χ3v) is 3.40. The van der Waals surface area contributed by atoms with Crippen LogP contribution in [0.5, 0.6) is 5.75 Å². The van der Waals surface area contributed by atoms with Gasteiger partial charge < -0.3 is 20.5 Å². The SMILES string of the molecule is CCOc1cc(F)ccc1NC(=O)NCCc1ccc(CO)cc1. The van der Waals surface area contributed by atoms with Gasteiger partial charge in [-0.05, 0) is 36.6 Å². The highest BCUT2D eigenvalue weighted by Gasteiger charge is 2.08. The zero-order valence-electron chi connectivity index (χ0n) is 13.5. The van der Waals surface area contributed by atoms with Gasteiger partial charge in [-0.25, -0.2) is 9.18 Å². The molecule has 0 aromatic heterocycles. The predicted molar refractivity (Wildman–Crippen MR) is 90.7 cm³/mol. The van der Waals surface area contributed by atoms with E-state index in [2.05, 4.69) is 10.6 Å². The third-order valence-electron chi connectivity index (χ3n) is 3.40. The summed E-state index contributed by atoms with van der Waals surface area (Å²) in [6.45, 7) is 2.64. The fraction of sp³-hybridized carbons (Fsp3) is 0.278. The first kappa shape index (κ1) is 17.7. The molecule has 2 aromatic rings. The molecular formula is C18H21FN2O3. The number of hydrogen-bond donors (Lipinski definition) is 3. The zero-order valence-corrected chi connectivity index (χ0v) is 13.5. The van der Waals surface area contributed by atoms with Gasteiger partial charge in [0.1, 0.15) is 11.6 Å². The number of amides is 2. The van der Waals surface area contributed by atoms with Crippen LogP contribution in [0, 0.1) is 5.82 Å². The van der Waals surface area contributed by atoms with Crippen LogP contribution in [0.2, 0.25) is 0 Å². The fourth-order valence-corrected chi connectivity index (χ4v) is 2.17. The number of anilines is 1. The maximum atomic E-state index is 13.2. The van der Waals surface area contributed by atoms with Crippen molar-refractivity contribution in [3.63, 3.8) is 0 Å². The number of aliphatic hydroxyl groups excluding tert-OH is 1. The molecule has 6 heteroatoms. The van der Waals surface area contributed by atoms with E-state index in [0.717, 1.165) is 11.1 Å². The van der Waals surface area contributed by atoms with E-state index in [1.807, 2.05) is 24.3 Å². The van der Waals surface area contributed by atoms with Crippen LogP contribution in [0.1, 0.15) is 18.1 Å². The van der Waals surface area contributed by atoms with Crippen molar-refractivity contribution in [1.82, 2.24) is 5.32 Å². The summed E-state index contributed by atoms with van der Waals surface area (Å²) in [6.07, 6.45) is 0.668. The van der Waals surface area contributed by atoms with Crippen molar-refractivity contribution in [2.45, 2.75) is 20.0 Å². The third kappa shape index (κ3) is 5.24. The first-order valence-corrected chi connectivity index (χ1v) is 7.78. The summed E-state index contributed by atoms with van der Waals surface area (Å²) < 4.78 is 18.5. The second-order valence-electron chi connectivity index (χ2n) is 5.18. The molecular weight excluding hydrogens is 311 g/mol. The second kappa shape index (κ2) is 8.88. The maximum Gasteiger partial charge on any atom is 0.319 e. The Bertz CT molecular complexity index is 674. The quantitative estimate of drug-likeness (QED) is 0.730. The molecule has 0 aliphatic rings. The van der Waals surface area contributed by atoms with Crippen LogP contribution < -0.4 is 15.4 Å². The van der Waals surface area contributed by atoms with Crippen LogP contribution >= 0.6 is 0 Å². The van der Waals surface area contributed by atoms with E-state index in [9.17, 15) is 9.18 Å². The van der Waals surface area contributed by atoms with Gasteiger partial charge in [0.05, 0.1) is 18.9 Å². The highest BCUT2D eigenvalue weighted by molar-refractivity contribution is 5.90. The van der Waals surface area contributed by atoms with Crippen LogP contribution in [0.25, 0.3) is 0 Å². The summed E-state index contributed by atoms with van der Waals surface area (Å²) >= 11 is 0. The summed E-state index contributed by atoms with van der Waals surface area (Å²) in [5.41, 5.74) is 2.33. The Balaban J connectivity index is 1.84. The van der Waals surface area contributed by atoms with E-state index in [0.29, 0.717) is 31.0 Å². The van der Waals surface area contributed by atoms with E-state index in [4.69, 9.17) is 9.84 Å². The molecule has 0 aliphatic heterocycles. The number of nitrogens with one attached hydrogen (secondary N) is 2. The summed E-state index contributed by atoms with van der Waals surface area (Å²) in [7, 11) is 0. The van der Waals surface area contributed by atoms with E-state index >= 15 is 0 Å². The van der Waals surface area contributed by atoms with Gasteiger partial charge in [-0.1, -0.05) is 24.3 Å². The van der Waals surface area contributed by atoms with Gasteiger partial charge in [-0.15, -0.1) is 0 Å². The number of urea groups is 1. The van der Waals surface area contributed by atoms with Gasteiger partial charge in [0, 0.05) is 12.6 Å². The van der Waals surface area contributed by atoms with E-state index in [1.165, 1.54) is 18.2 Å². The molecule has 24 heavy (non-hydrogen) atoms. The molecule has 2 aromatic carbocycles. The first-order valence-electron chi connectivity index (χ1n) is 7.78. The number of rotatable bonds is 7. The van der Waals surface area contributed by atoms with Gasteiger partial charge in [0.15, 0.2) is 0 Å². The molecule has 0 bridgehead atoms. The van der Waals surface area contributed by atoms with Gasteiger partial charge in [0.25, 0.3) is 0 Å². The zero-order chi connectivity index (χ0) is 17.4. The maximum absolute atomic E-state index is 13.2. The largest absolute Gasteiger partial charge is 0.492 e. The lowest BCUT2D eigenvalue weighted by Gasteiger charge is -2.12. The highest BCUT2D eigenvalue weighted by Crippen LogP contribution is 2.25. The molecule has 0 saturated heterocycles. The number of halogens is 1. The van der Waals surface area contributed by atoms with Crippen molar-refractivity contribution in [3.05, 3.63) is 59.4 Å². The molecule has 0 heterocycles. The molecule has 5 nitrogen and oxygen atoms in total. The minimum Gasteiger partial charge on any atom is -0.492 e. The summed E-state index contributed by atoms with van der Waals surface area (Å²) in [5, 5.41) is 14.4. The number of carbonyl (C=O) groups is 1. The molecule has 0 fully saturated rings. The molecule has 2 amide bonds. The Morgan fingerprint density at radius 3 is 2.54 bits per heavy atom. The fourth-order valence-electron chi connectivity index (χ4n) is 2.17. The van der Waals surface area contributed by atoms with Gasteiger partial charge in [-0.3, -0.25) is 0 Å². The minimum atomic E-state index is -0.421. The van der Waals surface area contributed by atoms with E-state index in [-0.39, 0.29) is 12.6 Å². The average Bonchev–Trinajstić information content (AvgIpc) is 2.58. The summed E-state index contributed by atoms with van der Waals surface area (Å²) in [6, 6.07) is 11.1. The molecule has 2 rings (SSSR count). The molecule has 0 atom stereocenters. The van der Waals surface area contributed by atoms with E-state index in [1.54, 1.807) is 6.92 Å². The molecule has 128 valence electrons. The lowest BCUT2D eigenvalue weighted by molar-refractivity contribution is 0.252. The lowest BCUT2D eigenvalue weighted by atomic mass is 10.1. The standard InChI is InChI=1S/C18H21FN2O3/c1-2-24-17-11-15(19)7-8-16(17)21-18(23)20-10-9-13-3-5-14(12-22)6-4-13/h3-8,11,22H,2,9-10,12H2,1H3,(H2,20,21,23). The Labute approximate surface area is 140 Å². The number of benzene rings is 2. The molecule has 0 spiro atoms. The second-order valence-corrected chi connectivity index (χ2v) is 5.18. The molecule has 0 saturated carbocycles. The number of aliphatic hydroxyl groups is 1. The minimum absolute atomic E-state index is 0.0147. The number of hydrogen-bond acceptors (Lipinski definition) is 3. The average molecular weight is 332 g/mol. The van der Waals surface area contributed by atoms with Crippen LogP contribution in [0.3, 0.4) is 0 Å². The van der Waals surface area contributed by atoms with Crippen LogP contribution in [-0.4, -0.2) is 24.3 Å². The Morgan fingerprint density at radius 1 is 1.17 bits per heavy atom. The Kier molecular flexibility index (Phi) is 6.57. The highest BCUT2D eigenvalue weighted by atomic mass is 19.1. The van der Waals surface area contributed by atoms with E-state index < -0.39 is 5.82 Å². The molecule has 0 radical (unpaired) electrons. The summed E-state index contributed by atoms with van der Waals surface area (Å²) in [5.74, 6) is -0.122. The topological polar surface area (TPSA) is 70.6 Å². The monoisotopic (exact) mass is 332 g/mol. The van der Waals surface area contributed by atoms with Crippen LogP contribution in [0.15, 0.2) is 42.5 Å². The van der Waals surface area contributed by atoms with Crippen molar-refractivity contribution in [3.8, 4) is 5.75 Å². The van der Waals surface area contributed by atoms with Crippen molar-refractivity contribution in [1.29, 1.82) is 0 Å². The normalized spacial score (nSPS) is 10.3. The predicted octanol–water partition coefficient (Wildman–Crippen LogP) is 3.08. The van der Waals surface area contributed by atoms with Crippen LogP contribution in [-0.2, 0) is 13.0 Å². The van der Waals surface area contributed by atoms with Gasteiger partial charge >= 0.3 is 6.03 Å². The van der Waals surface area contributed by atoms with Crippen molar-refractivity contribution in [2.75, 3.05) is 18.5 Å². The van der Waals surface area contributed by atoms with Crippen molar-refractivity contribution < 1.29 is 19.0 Å². The van der Waals surface area contributed by atoms with Gasteiger partial charge in [-0.2, -0.15) is 0 Å². The van der Waals surface area contributed by atoms with Crippen molar-refractivity contribution >= 4 is 11.7 Å². The first-order chi connectivity index (χ1) is 11.6.